The lowest BCUT2D eigenvalue weighted by atomic mass is 9.97. The van der Waals surface area contributed by atoms with Crippen molar-refractivity contribution in [2.75, 3.05) is 0 Å². The number of imidazole rings is 2. The SMILES string of the molecule is CC(C(=O)C=Cc1ccc(-n2ccnc2)cc1)C(O)C=Cc1ccc(-n2ccnc2)cc1. The number of carbonyl (C=O) groups is 1. The Hall–Kier alpha value is -4.03. The quantitative estimate of drug-likeness (QED) is 0.427. The largest absolute Gasteiger partial charge is 0.388 e. The summed E-state index contributed by atoms with van der Waals surface area (Å²) in [6.07, 6.45) is 16.6. The first-order valence-electron chi connectivity index (χ1n) is 10.3. The van der Waals surface area contributed by atoms with Gasteiger partial charge in [-0.25, -0.2) is 9.97 Å². The van der Waals surface area contributed by atoms with Crippen molar-refractivity contribution < 1.29 is 9.90 Å². The van der Waals surface area contributed by atoms with Gasteiger partial charge in [0.1, 0.15) is 0 Å². The number of hydrogen-bond donors (Lipinski definition) is 1. The zero-order valence-electron chi connectivity index (χ0n) is 17.7. The third-order valence-corrected chi connectivity index (χ3v) is 5.28. The van der Waals surface area contributed by atoms with Crippen LogP contribution in [0, 0.1) is 5.92 Å². The number of rotatable bonds is 8. The highest BCUT2D eigenvalue weighted by Crippen LogP contribution is 2.15. The van der Waals surface area contributed by atoms with E-state index in [1.54, 1.807) is 44.1 Å². The van der Waals surface area contributed by atoms with Crippen molar-refractivity contribution >= 4 is 17.9 Å². The summed E-state index contributed by atoms with van der Waals surface area (Å²) in [5, 5.41) is 10.4. The maximum Gasteiger partial charge on any atom is 0.161 e. The van der Waals surface area contributed by atoms with Gasteiger partial charge in [-0.1, -0.05) is 49.4 Å². The second-order valence-corrected chi connectivity index (χ2v) is 7.50. The fourth-order valence-corrected chi connectivity index (χ4v) is 3.21. The van der Waals surface area contributed by atoms with Gasteiger partial charge >= 0.3 is 0 Å². The molecule has 0 aliphatic rings. The molecule has 4 rings (SSSR count). The number of benzene rings is 2. The summed E-state index contributed by atoms with van der Waals surface area (Å²) in [5.74, 6) is -0.672. The van der Waals surface area contributed by atoms with Crippen LogP contribution in [0.5, 0.6) is 0 Å². The van der Waals surface area contributed by atoms with E-state index in [4.69, 9.17) is 0 Å². The van der Waals surface area contributed by atoms with Crippen LogP contribution >= 0.6 is 0 Å². The van der Waals surface area contributed by atoms with Crippen molar-refractivity contribution in [3.8, 4) is 11.4 Å². The van der Waals surface area contributed by atoms with E-state index in [0.29, 0.717) is 0 Å². The monoisotopic (exact) mass is 424 g/mol. The van der Waals surface area contributed by atoms with E-state index in [2.05, 4.69) is 9.97 Å². The molecule has 2 aromatic heterocycles. The van der Waals surface area contributed by atoms with Gasteiger partial charge in [0.25, 0.3) is 0 Å². The number of aromatic nitrogens is 4. The van der Waals surface area contributed by atoms with Crippen LogP contribution < -0.4 is 0 Å². The molecule has 0 amide bonds. The second-order valence-electron chi connectivity index (χ2n) is 7.50. The van der Waals surface area contributed by atoms with Gasteiger partial charge in [0, 0.05) is 42.1 Å². The summed E-state index contributed by atoms with van der Waals surface area (Å²) in [6, 6.07) is 15.7. The summed E-state index contributed by atoms with van der Waals surface area (Å²) in [4.78, 5) is 20.6. The Labute approximate surface area is 186 Å². The number of carbonyl (C=O) groups excluding carboxylic acids is 1. The van der Waals surface area contributed by atoms with Crippen LogP contribution in [0.25, 0.3) is 23.5 Å². The van der Waals surface area contributed by atoms with E-state index in [1.165, 1.54) is 6.08 Å². The molecule has 6 nitrogen and oxygen atoms in total. The number of nitrogens with zero attached hydrogens (tertiary/aromatic N) is 4. The Balaban J connectivity index is 1.33. The summed E-state index contributed by atoms with van der Waals surface area (Å²) in [7, 11) is 0. The maximum atomic E-state index is 12.5. The Kier molecular flexibility index (Phi) is 6.53. The summed E-state index contributed by atoms with van der Waals surface area (Å²) in [5.41, 5.74) is 3.86. The molecular formula is C26H24N4O2. The van der Waals surface area contributed by atoms with Gasteiger partial charge in [-0.05, 0) is 41.5 Å². The lowest BCUT2D eigenvalue weighted by molar-refractivity contribution is -0.119. The van der Waals surface area contributed by atoms with Crippen LogP contribution in [0.2, 0.25) is 0 Å². The molecule has 0 radical (unpaired) electrons. The van der Waals surface area contributed by atoms with Crippen LogP contribution in [0.15, 0.2) is 98.1 Å². The molecule has 0 spiro atoms. The van der Waals surface area contributed by atoms with Gasteiger partial charge in [-0.15, -0.1) is 0 Å². The van der Waals surface area contributed by atoms with Crippen molar-refractivity contribution in [2.24, 2.45) is 5.92 Å². The van der Waals surface area contributed by atoms with Crippen molar-refractivity contribution in [2.45, 2.75) is 13.0 Å². The number of allylic oxidation sites excluding steroid dienone is 1. The van der Waals surface area contributed by atoms with Crippen molar-refractivity contribution in [3.63, 3.8) is 0 Å². The smallest absolute Gasteiger partial charge is 0.161 e. The summed E-state index contributed by atoms with van der Waals surface area (Å²) in [6.45, 7) is 1.73. The molecule has 2 aromatic carbocycles. The lowest BCUT2D eigenvalue weighted by Gasteiger charge is -2.12. The normalized spacial score (nSPS) is 13.6. The topological polar surface area (TPSA) is 72.9 Å². The highest BCUT2D eigenvalue weighted by atomic mass is 16.3. The molecule has 0 saturated heterocycles. The van der Waals surface area contributed by atoms with Crippen LogP contribution in [0.4, 0.5) is 0 Å². The molecule has 2 heterocycles. The molecule has 0 bridgehead atoms. The van der Waals surface area contributed by atoms with Gasteiger partial charge < -0.3 is 14.2 Å². The summed E-state index contributed by atoms with van der Waals surface area (Å²) >= 11 is 0. The predicted octanol–water partition coefficient (Wildman–Crippen LogP) is 4.35. The predicted molar refractivity (Wildman–Crippen MR) is 125 cm³/mol. The van der Waals surface area contributed by atoms with Gasteiger partial charge in [-0.3, -0.25) is 4.79 Å². The number of aliphatic hydroxyl groups excluding tert-OH is 1. The Morgan fingerprint density at radius 2 is 1.34 bits per heavy atom. The molecule has 0 saturated carbocycles. The molecule has 0 fully saturated rings. The van der Waals surface area contributed by atoms with E-state index in [1.807, 2.05) is 76.1 Å². The minimum Gasteiger partial charge on any atom is -0.388 e. The first kappa shape index (κ1) is 21.2. The fraction of sp³-hybridized carbons (Fsp3) is 0.115. The average molecular weight is 425 g/mol. The number of ketones is 1. The lowest BCUT2D eigenvalue weighted by Crippen LogP contribution is -2.22. The maximum absolute atomic E-state index is 12.5. The minimum absolute atomic E-state index is 0.128. The summed E-state index contributed by atoms with van der Waals surface area (Å²) < 4.78 is 3.83. The minimum atomic E-state index is -0.871. The van der Waals surface area contributed by atoms with Crippen LogP contribution in [0.1, 0.15) is 18.1 Å². The molecule has 0 aliphatic carbocycles. The molecule has 2 atom stereocenters. The zero-order chi connectivity index (χ0) is 22.3. The van der Waals surface area contributed by atoms with Gasteiger partial charge in [-0.2, -0.15) is 0 Å². The molecule has 6 heteroatoms. The Morgan fingerprint density at radius 3 is 1.81 bits per heavy atom. The van der Waals surface area contributed by atoms with E-state index in [-0.39, 0.29) is 5.78 Å². The van der Waals surface area contributed by atoms with E-state index in [0.717, 1.165) is 22.5 Å². The first-order chi connectivity index (χ1) is 15.6. The molecule has 160 valence electrons. The van der Waals surface area contributed by atoms with E-state index in [9.17, 15) is 9.90 Å². The van der Waals surface area contributed by atoms with Crippen molar-refractivity contribution in [3.05, 3.63) is 109 Å². The van der Waals surface area contributed by atoms with Crippen LogP contribution in [-0.2, 0) is 4.79 Å². The first-order valence-corrected chi connectivity index (χ1v) is 10.3. The fourth-order valence-electron chi connectivity index (χ4n) is 3.21. The number of aliphatic hydroxyl groups is 1. The highest BCUT2D eigenvalue weighted by molar-refractivity contribution is 5.95. The molecule has 0 aliphatic heterocycles. The Morgan fingerprint density at radius 1 is 0.844 bits per heavy atom. The Bertz CT molecular complexity index is 1190. The second kappa shape index (κ2) is 9.85. The zero-order valence-corrected chi connectivity index (χ0v) is 17.7. The molecule has 4 aromatic rings. The third-order valence-electron chi connectivity index (χ3n) is 5.28. The molecule has 2 unspecified atom stereocenters. The van der Waals surface area contributed by atoms with Crippen molar-refractivity contribution in [1.29, 1.82) is 0 Å². The van der Waals surface area contributed by atoms with Crippen molar-refractivity contribution in [1.82, 2.24) is 19.1 Å². The molecular weight excluding hydrogens is 400 g/mol. The van der Waals surface area contributed by atoms with Crippen LogP contribution in [0.3, 0.4) is 0 Å². The third kappa shape index (κ3) is 5.17. The van der Waals surface area contributed by atoms with Crippen LogP contribution in [-0.4, -0.2) is 36.1 Å². The highest BCUT2D eigenvalue weighted by Gasteiger charge is 2.17. The standard InChI is InChI=1S/C26H24N4O2/c1-20(25(31)12-6-21-2-8-23(9-3-21)29-16-14-27-18-29)26(32)13-7-22-4-10-24(11-5-22)30-17-15-28-19-30/h2-20,25,31H,1H3. The molecule has 1 N–H and O–H groups in total. The van der Waals surface area contributed by atoms with Gasteiger partial charge in [0.15, 0.2) is 5.78 Å². The van der Waals surface area contributed by atoms with E-state index >= 15 is 0 Å². The van der Waals surface area contributed by atoms with E-state index < -0.39 is 12.0 Å². The van der Waals surface area contributed by atoms with Gasteiger partial charge in [0.05, 0.1) is 18.8 Å². The number of hydrogen-bond acceptors (Lipinski definition) is 4. The van der Waals surface area contributed by atoms with Gasteiger partial charge in [0.2, 0.25) is 0 Å². The molecule has 32 heavy (non-hydrogen) atoms. The average Bonchev–Trinajstić information content (AvgIpc) is 3.56.